The number of hydrogen-bond acceptors (Lipinski definition) is 2. The van der Waals surface area contributed by atoms with Gasteiger partial charge in [0.15, 0.2) is 0 Å². The van der Waals surface area contributed by atoms with Crippen molar-refractivity contribution in [3.8, 4) is 0 Å². The fraction of sp³-hybridized carbons (Fsp3) is 0.263. The highest BCUT2D eigenvalue weighted by Crippen LogP contribution is 2.24. The number of halogens is 1. The first-order chi connectivity index (χ1) is 11.4. The van der Waals surface area contributed by atoms with Crippen LogP contribution in [0.15, 0.2) is 42.5 Å². The van der Waals surface area contributed by atoms with Crippen molar-refractivity contribution in [3.05, 3.63) is 58.6 Å². The maximum absolute atomic E-state index is 12.4. The van der Waals surface area contributed by atoms with Crippen LogP contribution in [0.4, 0.5) is 11.4 Å². The summed E-state index contributed by atoms with van der Waals surface area (Å²) in [5.41, 5.74) is 3.36. The monoisotopic (exact) mass is 344 g/mol. The molecule has 0 saturated heterocycles. The average Bonchev–Trinajstić information content (AvgIpc) is 2.55. The van der Waals surface area contributed by atoms with Crippen molar-refractivity contribution in [1.29, 1.82) is 0 Å². The molecule has 0 aliphatic carbocycles. The Morgan fingerprint density at radius 1 is 1.17 bits per heavy atom. The van der Waals surface area contributed by atoms with Crippen LogP contribution in [0.25, 0.3) is 0 Å². The second-order valence-electron chi connectivity index (χ2n) is 5.59. The lowest BCUT2D eigenvalue weighted by Crippen LogP contribution is -2.37. The van der Waals surface area contributed by atoms with Crippen molar-refractivity contribution in [3.63, 3.8) is 0 Å². The van der Waals surface area contributed by atoms with Gasteiger partial charge in [0.25, 0.3) is 0 Å². The van der Waals surface area contributed by atoms with Crippen LogP contribution in [-0.4, -0.2) is 18.4 Å². The number of amides is 2. The van der Waals surface area contributed by atoms with Gasteiger partial charge in [-0.3, -0.25) is 9.59 Å². The highest BCUT2D eigenvalue weighted by Gasteiger charge is 2.18. The van der Waals surface area contributed by atoms with E-state index in [9.17, 15) is 9.59 Å². The second kappa shape index (κ2) is 7.97. The summed E-state index contributed by atoms with van der Waals surface area (Å²) in [6, 6.07) is 12.9. The van der Waals surface area contributed by atoms with Crippen LogP contribution in [-0.2, 0) is 16.0 Å². The van der Waals surface area contributed by atoms with Gasteiger partial charge < -0.3 is 10.2 Å². The maximum Gasteiger partial charge on any atom is 0.244 e. The fourth-order valence-corrected chi connectivity index (χ4v) is 2.69. The highest BCUT2D eigenvalue weighted by atomic mass is 35.5. The zero-order valence-electron chi connectivity index (χ0n) is 14.1. The van der Waals surface area contributed by atoms with Crippen molar-refractivity contribution in [2.24, 2.45) is 0 Å². The maximum atomic E-state index is 12.4. The van der Waals surface area contributed by atoms with Gasteiger partial charge in [-0.05, 0) is 42.7 Å². The largest absolute Gasteiger partial charge is 0.324 e. The molecule has 0 aliphatic heterocycles. The summed E-state index contributed by atoms with van der Waals surface area (Å²) in [4.78, 5) is 25.9. The highest BCUT2D eigenvalue weighted by molar-refractivity contribution is 6.31. The molecule has 0 radical (unpaired) electrons. The molecule has 0 heterocycles. The molecule has 0 bridgehead atoms. The number of anilines is 2. The molecular weight excluding hydrogens is 324 g/mol. The van der Waals surface area contributed by atoms with E-state index in [2.05, 4.69) is 5.32 Å². The summed E-state index contributed by atoms with van der Waals surface area (Å²) in [6.07, 6.45) is 0.820. The Labute approximate surface area is 147 Å². The van der Waals surface area contributed by atoms with Crippen molar-refractivity contribution >= 4 is 34.8 Å². The predicted octanol–water partition coefficient (Wildman–Crippen LogP) is 4.20. The van der Waals surface area contributed by atoms with E-state index in [1.165, 1.54) is 11.8 Å². The Morgan fingerprint density at radius 2 is 1.88 bits per heavy atom. The van der Waals surface area contributed by atoms with E-state index in [1.807, 2.05) is 44.2 Å². The van der Waals surface area contributed by atoms with Crippen molar-refractivity contribution in [2.45, 2.75) is 27.2 Å². The molecule has 1 N–H and O–H groups in total. The molecule has 5 heteroatoms. The van der Waals surface area contributed by atoms with Crippen molar-refractivity contribution < 1.29 is 9.59 Å². The number of aryl methyl sites for hydroxylation is 2. The third kappa shape index (κ3) is 4.36. The number of para-hydroxylation sites is 1. The van der Waals surface area contributed by atoms with Gasteiger partial charge in [0, 0.05) is 23.3 Å². The van der Waals surface area contributed by atoms with Gasteiger partial charge >= 0.3 is 0 Å². The number of benzene rings is 2. The molecule has 0 spiro atoms. The number of rotatable bonds is 5. The van der Waals surface area contributed by atoms with Crippen LogP contribution in [0.3, 0.4) is 0 Å². The van der Waals surface area contributed by atoms with Gasteiger partial charge in [0.1, 0.15) is 6.54 Å². The van der Waals surface area contributed by atoms with Crippen LogP contribution >= 0.6 is 11.6 Å². The minimum atomic E-state index is -0.245. The van der Waals surface area contributed by atoms with Crippen LogP contribution in [0.1, 0.15) is 25.0 Å². The fourth-order valence-electron chi connectivity index (χ4n) is 2.52. The molecule has 0 atom stereocenters. The molecule has 0 aromatic heterocycles. The quantitative estimate of drug-likeness (QED) is 0.883. The number of nitrogens with one attached hydrogen (secondary N) is 1. The first kappa shape index (κ1) is 18.0. The van der Waals surface area contributed by atoms with Gasteiger partial charge in [-0.25, -0.2) is 0 Å². The third-order valence-electron chi connectivity index (χ3n) is 3.82. The SMILES string of the molecule is CCc1ccccc1NC(=O)CN(C(C)=O)c1cc(Cl)ccc1C. The minimum absolute atomic E-state index is 0.0609. The normalized spacial score (nSPS) is 10.3. The van der Waals surface area contributed by atoms with E-state index in [1.54, 1.807) is 12.1 Å². The first-order valence-corrected chi connectivity index (χ1v) is 8.22. The zero-order valence-corrected chi connectivity index (χ0v) is 14.9. The third-order valence-corrected chi connectivity index (χ3v) is 4.05. The number of carbonyl (C=O) groups is 2. The van der Waals surface area contributed by atoms with Crippen LogP contribution < -0.4 is 10.2 Å². The molecule has 2 rings (SSSR count). The van der Waals surface area contributed by atoms with E-state index in [0.29, 0.717) is 10.7 Å². The lowest BCUT2D eigenvalue weighted by Gasteiger charge is -2.23. The van der Waals surface area contributed by atoms with E-state index in [-0.39, 0.29) is 18.4 Å². The number of carbonyl (C=O) groups excluding carboxylic acids is 2. The lowest BCUT2D eigenvalue weighted by atomic mass is 10.1. The Bertz CT molecular complexity index is 759. The number of nitrogens with zero attached hydrogens (tertiary/aromatic N) is 1. The van der Waals surface area contributed by atoms with E-state index in [0.717, 1.165) is 23.2 Å². The van der Waals surface area contributed by atoms with Gasteiger partial charge in [0.2, 0.25) is 11.8 Å². The lowest BCUT2D eigenvalue weighted by molar-refractivity contribution is -0.120. The molecule has 0 unspecified atom stereocenters. The Morgan fingerprint density at radius 3 is 2.54 bits per heavy atom. The molecule has 126 valence electrons. The summed E-state index contributed by atoms with van der Waals surface area (Å²) in [5.74, 6) is -0.454. The summed E-state index contributed by atoms with van der Waals surface area (Å²) < 4.78 is 0. The van der Waals surface area contributed by atoms with E-state index >= 15 is 0 Å². The molecule has 0 aliphatic rings. The molecular formula is C19H21ClN2O2. The summed E-state index contributed by atoms with van der Waals surface area (Å²) in [6.45, 7) is 5.29. The average molecular weight is 345 g/mol. The van der Waals surface area contributed by atoms with Crippen molar-refractivity contribution in [1.82, 2.24) is 0 Å². The molecule has 24 heavy (non-hydrogen) atoms. The smallest absolute Gasteiger partial charge is 0.244 e. The van der Waals surface area contributed by atoms with Gasteiger partial charge in [0.05, 0.1) is 0 Å². The van der Waals surface area contributed by atoms with Crippen LogP contribution in [0.5, 0.6) is 0 Å². The van der Waals surface area contributed by atoms with Crippen LogP contribution in [0, 0.1) is 6.92 Å². The van der Waals surface area contributed by atoms with Gasteiger partial charge in [-0.15, -0.1) is 0 Å². The van der Waals surface area contributed by atoms with Gasteiger partial charge in [-0.2, -0.15) is 0 Å². The molecule has 2 aromatic rings. The molecule has 0 fully saturated rings. The van der Waals surface area contributed by atoms with E-state index in [4.69, 9.17) is 11.6 Å². The zero-order chi connectivity index (χ0) is 17.7. The number of hydrogen-bond donors (Lipinski definition) is 1. The molecule has 0 saturated carbocycles. The molecule has 2 aromatic carbocycles. The topological polar surface area (TPSA) is 49.4 Å². The predicted molar refractivity (Wildman–Crippen MR) is 98.7 cm³/mol. The Kier molecular flexibility index (Phi) is 5.99. The Hall–Kier alpha value is -2.33. The summed E-state index contributed by atoms with van der Waals surface area (Å²) >= 11 is 6.03. The first-order valence-electron chi connectivity index (χ1n) is 7.84. The molecule has 2 amide bonds. The second-order valence-corrected chi connectivity index (χ2v) is 6.03. The summed E-state index contributed by atoms with van der Waals surface area (Å²) in [5, 5.41) is 3.41. The van der Waals surface area contributed by atoms with Crippen molar-refractivity contribution in [2.75, 3.05) is 16.8 Å². The Balaban J connectivity index is 2.20. The van der Waals surface area contributed by atoms with E-state index < -0.39 is 0 Å². The minimum Gasteiger partial charge on any atom is -0.324 e. The summed E-state index contributed by atoms with van der Waals surface area (Å²) in [7, 11) is 0. The van der Waals surface area contributed by atoms with Crippen LogP contribution in [0.2, 0.25) is 5.02 Å². The molecule has 4 nitrogen and oxygen atoms in total. The van der Waals surface area contributed by atoms with Gasteiger partial charge in [-0.1, -0.05) is 42.8 Å². The standard InChI is InChI=1S/C19H21ClN2O2/c1-4-15-7-5-6-8-17(15)21-19(24)12-22(14(3)23)18-11-16(20)10-9-13(18)2/h5-11H,4,12H2,1-3H3,(H,21,24).